The zero-order valence-electron chi connectivity index (χ0n) is 16.4. The van der Waals surface area contributed by atoms with E-state index in [2.05, 4.69) is 15.6 Å². The first-order valence-electron chi connectivity index (χ1n) is 9.40. The van der Waals surface area contributed by atoms with E-state index in [1.165, 1.54) is 12.1 Å². The molecule has 7 nitrogen and oxygen atoms in total. The monoisotopic (exact) mass is 432 g/mol. The first-order chi connectivity index (χ1) is 13.4. The van der Waals surface area contributed by atoms with Gasteiger partial charge in [0.25, 0.3) is 0 Å². The Kier molecular flexibility index (Phi) is 9.33. The number of guanidine groups is 1. The number of thioether (sulfide) groups is 1. The summed E-state index contributed by atoms with van der Waals surface area (Å²) in [7, 11) is -3.26. The van der Waals surface area contributed by atoms with Crippen LogP contribution in [0.15, 0.2) is 29.3 Å². The normalized spacial score (nSPS) is 17.2. The van der Waals surface area contributed by atoms with Crippen molar-refractivity contribution in [1.29, 1.82) is 0 Å². The maximum atomic E-state index is 13.2. The van der Waals surface area contributed by atoms with Crippen LogP contribution in [0.3, 0.4) is 0 Å². The lowest BCUT2D eigenvalue weighted by atomic mass is 10.3. The van der Waals surface area contributed by atoms with Crippen LogP contribution >= 0.6 is 11.8 Å². The molecule has 10 heteroatoms. The molecular formula is C18H29FN4O3S2. The second kappa shape index (κ2) is 11.5. The van der Waals surface area contributed by atoms with Crippen molar-refractivity contribution in [3.8, 4) is 5.75 Å². The van der Waals surface area contributed by atoms with E-state index < -0.39 is 10.0 Å². The van der Waals surface area contributed by atoms with Gasteiger partial charge >= 0.3 is 0 Å². The fourth-order valence-electron chi connectivity index (χ4n) is 2.62. The largest absolute Gasteiger partial charge is 0.489 e. The first kappa shape index (κ1) is 22.8. The Morgan fingerprint density at radius 1 is 1.36 bits per heavy atom. The third kappa shape index (κ3) is 7.84. The number of hydrogen-bond acceptors (Lipinski definition) is 5. The van der Waals surface area contributed by atoms with Gasteiger partial charge in [-0.25, -0.2) is 22.1 Å². The van der Waals surface area contributed by atoms with Crippen LogP contribution in [0, 0.1) is 5.82 Å². The Labute approximate surface area is 171 Å². The topological polar surface area (TPSA) is 83.0 Å². The van der Waals surface area contributed by atoms with Crippen molar-refractivity contribution < 1.29 is 17.5 Å². The molecule has 2 rings (SSSR count). The number of nitrogens with one attached hydrogen (secondary N) is 2. The number of nitrogens with zero attached hydrogens (tertiary/aromatic N) is 2. The molecule has 0 radical (unpaired) electrons. The van der Waals surface area contributed by atoms with Crippen molar-refractivity contribution in [2.45, 2.75) is 20.0 Å². The van der Waals surface area contributed by atoms with Gasteiger partial charge in [-0.3, -0.25) is 0 Å². The van der Waals surface area contributed by atoms with E-state index in [1.807, 2.05) is 13.8 Å². The zero-order valence-corrected chi connectivity index (χ0v) is 18.0. The average molecular weight is 433 g/mol. The highest BCUT2D eigenvalue weighted by atomic mass is 32.2. The van der Waals surface area contributed by atoms with E-state index in [-0.39, 0.29) is 24.2 Å². The van der Waals surface area contributed by atoms with Crippen LogP contribution in [0.1, 0.15) is 13.8 Å². The Hall–Kier alpha value is -1.52. The molecule has 0 spiro atoms. The summed E-state index contributed by atoms with van der Waals surface area (Å²) in [5.41, 5.74) is 0. The number of sulfonamides is 1. The summed E-state index contributed by atoms with van der Waals surface area (Å²) in [5.74, 6) is 2.35. The van der Waals surface area contributed by atoms with Gasteiger partial charge in [0.05, 0.1) is 12.3 Å². The van der Waals surface area contributed by atoms with E-state index in [1.54, 1.807) is 28.2 Å². The van der Waals surface area contributed by atoms with Crippen LogP contribution in [0.25, 0.3) is 0 Å². The molecule has 0 aromatic heterocycles. The third-order valence-electron chi connectivity index (χ3n) is 4.00. The lowest BCUT2D eigenvalue weighted by molar-refractivity contribution is 0.229. The van der Waals surface area contributed by atoms with Gasteiger partial charge in [0.1, 0.15) is 17.7 Å². The van der Waals surface area contributed by atoms with E-state index in [4.69, 9.17) is 4.74 Å². The van der Waals surface area contributed by atoms with Gasteiger partial charge in [-0.05, 0) is 26.0 Å². The van der Waals surface area contributed by atoms with Crippen molar-refractivity contribution >= 4 is 27.7 Å². The molecule has 2 N–H and O–H groups in total. The highest BCUT2D eigenvalue weighted by Crippen LogP contribution is 2.14. The van der Waals surface area contributed by atoms with Crippen LogP contribution in [0.4, 0.5) is 4.39 Å². The maximum absolute atomic E-state index is 13.2. The SMILES string of the molecule is CCNC(=NCC(C)Oc1cccc(F)c1)NCCS(=O)(=O)N1CCSCC1. The van der Waals surface area contributed by atoms with Gasteiger partial charge < -0.3 is 15.4 Å². The van der Waals surface area contributed by atoms with E-state index in [9.17, 15) is 12.8 Å². The molecule has 28 heavy (non-hydrogen) atoms. The van der Waals surface area contributed by atoms with Crippen LogP contribution in [0.2, 0.25) is 0 Å². The highest BCUT2D eigenvalue weighted by molar-refractivity contribution is 7.99. The third-order valence-corrected chi connectivity index (χ3v) is 6.81. The van der Waals surface area contributed by atoms with Crippen molar-refractivity contribution in [1.82, 2.24) is 14.9 Å². The molecule has 0 amide bonds. The number of hydrogen-bond donors (Lipinski definition) is 2. The number of aliphatic imine (C=N–C) groups is 1. The quantitative estimate of drug-likeness (QED) is 0.455. The number of rotatable bonds is 9. The Bertz CT molecular complexity index is 740. The van der Waals surface area contributed by atoms with Gasteiger partial charge in [-0.1, -0.05) is 6.07 Å². The van der Waals surface area contributed by atoms with Crippen molar-refractivity contribution in [3.05, 3.63) is 30.1 Å². The summed E-state index contributed by atoms with van der Waals surface area (Å²) in [6.07, 6.45) is -0.258. The minimum absolute atomic E-state index is 0.0252. The Balaban J connectivity index is 1.82. The molecule has 1 aromatic carbocycles. The fraction of sp³-hybridized carbons (Fsp3) is 0.611. The van der Waals surface area contributed by atoms with Gasteiger partial charge in [0.15, 0.2) is 5.96 Å². The molecule has 0 bridgehead atoms. The summed E-state index contributed by atoms with van der Waals surface area (Å²) in [6, 6.07) is 5.97. The van der Waals surface area contributed by atoms with Crippen LogP contribution in [-0.2, 0) is 10.0 Å². The highest BCUT2D eigenvalue weighted by Gasteiger charge is 2.23. The summed E-state index contributed by atoms with van der Waals surface area (Å²) in [4.78, 5) is 4.43. The second-order valence-electron chi connectivity index (χ2n) is 6.36. The van der Waals surface area contributed by atoms with Gasteiger partial charge in [0, 0.05) is 43.8 Å². The first-order valence-corrected chi connectivity index (χ1v) is 12.2. The van der Waals surface area contributed by atoms with Crippen molar-refractivity contribution in [2.24, 2.45) is 4.99 Å². The molecule has 1 unspecified atom stereocenters. The summed E-state index contributed by atoms with van der Waals surface area (Å²) in [6.45, 7) is 6.22. The Morgan fingerprint density at radius 3 is 2.79 bits per heavy atom. The molecule has 1 aromatic rings. The zero-order chi connectivity index (χ0) is 20.4. The van der Waals surface area contributed by atoms with Crippen LogP contribution < -0.4 is 15.4 Å². The van der Waals surface area contributed by atoms with Crippen molar-refractivity contribution in [3.63, 3.8) is 0 Å². The molecule has 158 valence electrons. The summed E-state index contributed by atoms with van der Waals surface area (Å²) >= 11 is 1.78. The van der Waals surface area contributed by atoms with E-state index in [0.29, 0.717) is 37.9 Å². The number of halogens is 1. The minimum Gasteiger partial charge on any atom is -0.489 e. The molecular weight excluding hydrogens is 403 g/mol. The fourth-order valence-corrected chi connectivity index (χ4v) is 5.12. The van der Waals surface area contributed by atoms with Crippen LogP contribution in [-0.4, -0.2) is 74.8 Å². The smallest absolute Gasteiger partial charge is 0.215 e. The van der Waals surface area contributed by atoms with E-state index in [0.717, 1.165) is 11.5 Å². The summed E-state index contributed by atoms with van der Waals surface area (Å²) < 4.78 is 45.2. The lowest BCUT2D eigenvalue weighted by Crippen LogP contribution is -2.44. The lowest BCUT2D eigenvalue weighted by Gasteiger charge is -2.25. The van der Waals surface area contributed by atoms with Gasteiger partial charge in [-0.15, -0.1) is 0 Å². The molecule has 1 heterocycles. The number of ether oxygens (including phenoxy) is 1. The molecule has 1 saturated heterocycles. The molecule has 1 aliphatic heterocycles. The van der Waals surface area contributed by atoms with Gasteiger partial charge in [0.2, 0.25) is 10.0 Å². The molecule has 1 aliphatic rings. The average Bonchev–Trinajstić information content (AvgIpc) is 2.67. The minimum atomic E-state index is -3.26. The predicted molar refractivity (Wildman–Crippen MR) is 113 cm³/mol. The molecule has 1 fully saturated rings. The number of benzene rings is 1. The van der Waals surface area contributed by atoms with Crippen LogP contribution in [0.5, 0.6) is 5.75 Å². The molecule has 0 aliphatic carbocycles. The van der Waals surface area contributed by atoms with Gasteiger partial charge in [-0.2, -0.15) is 11.8 Å². The second-order valence-corrected chi connectivity index (χ2v) is 9.67. The predicted octanol–water partition coefficient (Wildman–Crippen LogP) is 1.53. The molecule has 0 saturated carbocycles. The standard InChI is InChI=1S/C18H29FN4O3S2/c1-3-20-18(21-7-12-28(24,25)23-8-10-27-11-9-23)22-14-15(2)26-17-6-4-5-16(19)13-17/h4-6,13,15H,3,7-12,14H2,1-2H3,(H2,20,21,22). The van der Waals surface area contributed by atoms with Crippen molar-refractivity contribution in [2.75, 3.05) is 50.0 Å². The Morgan fingerprint density at radius 2 is 2.11 bits per heavy atom. The maximum Gasteiger partial charge on any atom is 0.215 e. The van der Waals surface area contributed by atoms with E-state index >= 15 is 0 Å². The summed E-state index contributed by atoms with van der Waals surface area (Å²) in [5, 5.41) is 6.14. The molecule has 1 atom stereocenters.